The zero-order valence-corrected chi connectivity index (χ0v) is 14.1. The quantitative estimate of drug-likeness (QED) is 0.941. The smallest absolute Gasteiger partial charge is 0.230 e. The number of rotatable bonds is 3. The van der Waals surface area contributed by atoms with E-state index in [1.807, 2.05) is 37.1 Å². The maximum absolute atomic E-state index is 14.1. The number of amides is 1. The van der Waals surface area contributed by atoms with Crippen LogP contribution in [-0.2, 0) is 11.3 Å². The standard InChI is InChI=1S/C19H22FN3O/c1-3-22(4-2)19(24)12-9-15-13-5-6-16(20)14-7-8-23(18(13)14)11-17(15)21-10-12/h5-9,12,17,21H,3-4,10-11H2,1-2H3. The van der Waals surface area contributed by atoms with E-state index in [2.05, 4.69) is 16.0 Å². The molecule has 1 amide bonds. The molecule has 2 aromatic rings. The van der Waals surface area contributed by atoms with E-state index >= 15 is 0 Å². The molecule has 2 aliphatic heterocycles. The third-order valence-corrected chi connectivity index (χ3v) is 5.30. The van der Waals surface area contributed by atoms with Crippen molar-refractivity contribution in [3.8, 4) is 0 Å². The molecule has 1 aromatic carbocycles. The summed E-state index contributed by atoms with van der Waals surface area (Å²) in [5.41, 5.74) is 3.11. The van der Waals surface area contributed by atoms with Crippen LogP contribution in [0.5, 0.6) is 0 Å². The number of aromatic nitrogens is 1. The molecule has 1 aromatic heterocycles. The predicted octanol–water partition coefficient (Wildman–Crippen LogP) is 2.63. The van der Waals surface area contributed by atoms with Gasteiger partial charge in [-0.2, -0.15) is 0 Å². The number of carbonyl (C=O) groups is 1. The van der Waals surface area contributed by atoms with Crippen LogP contribution in [0.1, 0.15) is 19.4 Å². The Hall–Kier alpha value is -2.14. The summed E-state index contributed by atoms with van der Waals surface area (Å²) in [7, 11) is 0. The summed E-state index contributed by atoms with van der Waals surface area (Å²) in [5, 5.41) is 4.17. The first-order valence-electron chi connectivity index (χ1n) is 8.65. The van der Waals surface area contributed by atoms with Gasteiger partial charge in [0.2, 0.25) is 5.91 Å². The van der Waals surface area contributed by atoms with E-state index < -0.39 is 0 Å². The van der Waals surface area contributed by atoms with Crippen molar-refractivity contribution in [2.45, 2.75) is 26.4 Å². The number of benzene rings is 1. The number of halogens is 1. The lowest BCUT2D eigenvalue weighted by Crippen LogP contribution is -2.47. The molecule has 3 heterocycles. The summed E-state index contributed by atoms with van der Waals surface area (Å²) in [6, 6.07) is 5.39. The second kappa shape index (κ2) is 5.74. The van der Waals surface area contributed by atoms with Crippen LogP contribution in [0, 0.1) is 11.7 Å². The van der Waals surface area contributed by atoms with E-state index in [-0.39, 0.29) is 23.7 Å². The molecule has 126 valence electrons. The molecule has 2 unspecified atom stereocenters. The van der Waals surface area contributed by atoms with Gasteiger partial charge in [0.25, 0.3) is 0 Å². The van der Waals surface area contributed by atoms with Crippen molar-refractivity contribution in [2.24, 2.45) is 5.92 Å². The fraction of sp³-hybridized carbons (Fsp3) is 0.421. The zero-order chi connectivity index (χ0) is 16.8. The van der Waals surface area contributed by atoms with E-state index in [9.17, 15) is 9.18 Å². The van der Waals surface area contributed by atoms with Gasteiger partial charge in [0, 0.05) is 43.3 Å². The summed E-state index contributed by atoms with van der Waals surface area (Å²) in [5.74, 6) is -0.179. The van der Waals surface area contributed by atoms with Crippen LogP contribution in [-0.4, -0.2) is 41.1 Å². The van der Waals surface area contributed by atoms with E-state index in [1.165, 1.54) is 6.07 Å². The lowest BCUT2D eigenvalue weighted by Gasteiger charge is -2.35. The fourth-order valence-electron chi connectivity index (χ4n) is 4.01. The van der Waals surface area contributed by atoms with Crippen molar-refractivity contribution in [1.82, 2.24) is 14.8 Å². The SMILES string of the molecule is CCN(CC)C(=O)C1C=C2c3ccc(F)c4ccn(c34)CC2NC1. The Morgan fingerprint density at radius 3 is 2.88 bits per heavy atom. The Morgan fingerprint density at radius 2 is 2.12 bits per heavy atom. The van der Waals surface area contributed by atoms with Gasteiger partial charge in [0.15, 0.2) is 0 Å². The number of nitrogens with one attached hydrogen (secondary N) is 1. The van der Waals surface area contributed by atoms with Crippen LogP contribution < -0.4 is 5.32 Å². The summed E-state index contributed by atoms with van der Waals surface area (Å²) < 4.78 is 16.2. The highest BCUT2D eigenvalue weighted by Gasteiger charge is 2.33. The lowest BCUT2D eigenvalue weighted by molar-refractivity contribution is -0.133. The van der Waals surface area contributed by atoms with Crippen molar-refractivity contribution >= 4 is 22.4 Å². The normalized spacial score (nSPS) is 22.2. The maximum Gasteiger partial charge on any atom is 0.230 e. The van der Waals surface area contributed by atoms with Crippen molar-refractivity contribution in [3.63, 3.8) is 0 Å². The predicted molar refractivity (Wildman–Crippen MR) is 93.1 cm³/mol. The number of fused-ring (bicyclic) bond motifs is 2. The van der Waals surface area contributed by atoms with Gasteiger partial charge < -0.3 is 14.8 Å². The molecule has 2 atom stereocenters. The molecule has 0 spiro atoms. The summed E-state index contributed by atoms with van der Waals surface area (Å²) in [6.07, 6.45) is 4.05. The first kappa shape index (κ1) is 15.4. The number of hydrogen-bond acceptors (Lipinski definition) is 2. The van der Waals surface area contributed by atoms with Gasteiger partial charge >= 0.3 is 0 Å². The van der Waals surface area contributed by atoms with E-state index in [4.69, 9.17) is 0 Å². The molecule has 2 aliphatic rings. The number of carbonyl (C=O) groups excluding carboxylic acids is 1. The van der Waals surface area contributed by atoms with Gasteiger partial charge in [-0.3, -0.25) is 4.79 Å². The molecule has 0 radical (unpaired) electrons. The largest absolute Gasteiger partial charge is 0.345 e. The summed E-state index contributed by atoms with van der Waals surface area (Å²) >= 11 is 0. The summed E-state index contributed by atoms with van der Waals surface area (Å²) in [6.45, 7) is 6.89. The highest BCUT2D eigenvalue weighted by Crippen LogP contribution is 2.37. The second-order valence-electron chi connectivity index (χ2n) is 6.53. The molecule has 0 saturated carbocycles. The first-order chi connectivity index (χ1) is 11.6. The molecular formula is C19H22FN3O. The topological polar surface area (TPSA) is 37.3 Å². The summed E-state index contributed by atoms with van der Waals surface area (Å²) in [4.78, 5) is 14.6. The highest BCUT2D eigenvalue weighted by atomic mass is 19.1. The van der Waals surface area contributed by atoms with Gasteiger partial charge in [-0.15, -0.1) is 0 Å². The van der Waals surface area contributed by atoms with Crippen LogP contribution in [0.4, 0.5) is 4.39 Å². The van der Waals surface area contributed by atoms with Gasteiger partial charge in [-0.05, 0) is 37.6 Å². The minimum absolute atomic E-state index is 0.155. The van der Waals surface area contributed by atoms with E-state index in [0.717, 1.165) is 36.3 Å². The second-order valence-corrected chi connectivity index (χ2v) is 6.53. The zero-order valence-electron chi connectivity index (χ0n) is 14.1. The van der Waals surface area contributed by atoms with Crippen LogP contribution >= 0.6 is 0 Å². The minimum Gasteiger partial charge on any atom is -0.345 e. The molecule has 4 rings (SSSR count). The molecule has 1 N–H and O–H groups in total. The Bertz CT molecular complexity index is 834. The van der Waals surface area contributed by atoms with E-state index in [0.29, 0.717) is 11.9 Å². The van der Waals surface area contributed by atoms with Gasteiger partial charge in [-0.1, -0.05) is 6.08 Å². The van der Waals surface area contributed by atoms with Crippen molar-refractivity contribution < 1.29 is 9.18 Å². The average Bonchev–Trinajstić information content (AvgIpc) is 3.03. The van der Waals surface area contributed by atoms with Gasteiger partial charge in [0.1, 0.15) is 5.82 Å². The Morgan fingerprint density at radius 1 is 1.33 bits per heavy atom. The molecule has 4 nitrogen and oxygen atoms in total. The molecular weight excluding hydrogens is 305 g/mol. The highest BCUT2D eigenvalue weighted by molar-refractivity contribution is 5.96. The monoisotopic (exact) mass is 327 g/mol. The Kier molecular flexibility index (Phi) is 3.68. The van der Waals surface area contributed by atoms with E-state index in [1.54, 1.807) is 0 Å². The van der Waals surface area contributed by atoms with Crippen LogP contribution in [0.2, 0.25) is 0 Å². The fourth-order valence-corrected chi connectivity index (χ4v) is 4.01. The molecule has 24 heavy (non-hydrogen) atoms. The van der Waals surface area contributed by atoms with Gasteiger partial charge in [0.05, 0.1) is 17.5 Å². The van der Waals surface area contributed by atoms with Crippen molar-refractivity contribution in [1.29, 1.82) is 0 Å². The Balaban J connectivity index is 1.79. The van der Waals surface area contributed by atoms with Crippen LogP contribution in [0.15, 0.2) is 30.5 Å². The third kappa shape index (κ3) is 2.18. The van der Waals surface area contributed by atoms with Crippen molar-refractivity contribution in [2.75, 3.05) is 19.6 Å². The molecule has 0 bridgehead atoms. The minimum atomic E-state index is -0.189. The van der Waals surface area contributed by atoms with Gasteiger partial charge in [-0.25, -0.2) is 4.39 Å². The first-order valence-corrected chi connectivity index (χ1v) is 8.65. The number of nitrogens with zero attached hydrogens (tertiary/aromatic N) is 2. The average molecular weight is 327 g/mol. The third-order valence-electron chi connectivity index (χ3n) is 5.30. The number of hydrogen-bond donors (Lipinski definition) is 1. The maximum atomic E-state index is 14.1. The Labute approximate surface area is 140 Å². The molecule has 0 fully saturated rings. The van der Waals surface area contributed by atoms with Crippen molar-refractivity contribution in [3.05, 3.63) is 41.9 Å². The molecule has 0 aliphatic carbocycles. The molecule has 5 heteroatoms. The van der Waals surface area contributed by atoms with Crippen LogP contribution in [0.25, 0.3) is 16.5 Å². The molecule has 0 saturated heterocycles. The lowest BCUT2D eigenvalue weighted by atomic mass is 9.86. The van der Waals surface area contributed by atoms with Crippen LogP contribution in [0.3, 0.4) is 0 Å².